The maximum Gasteiger partial charge on any atom is 0.0507 e. The number of rotatable bonds is 4. The van der Waals surface area contributed by atoms with E-state index < -0.39 is 0 Å². The first-order valence-corrected chi connectivity index (χ1v) is 6.65. The molecule has 1 atom stereocenters. The van der Waals surface area contributed by atoms with Crippen LogP contribution in [-0.4, -0.2) is 19.8 Å². The second kappa shape index (κ2) is 6.01. The minimum atomic E-state index is 0.658. The molecule has 88 valence electrons. The summed E-state index contributed by atoms with van der Waals surface area (Å²) in [4.78, 5) is 0. The van der Waals surface area contributed by atoms with Gasteiger partial charge in [-0.3, -0.25) is 0 Å². The maximum atomic E-state index is 6.11. The van der Waals surface area contributed by atoms with Gasteiger partial charge in [-0.1, -0.05) is 27.5 Å². The fourth-order valence-electron chi connectivity index (χ4n) is 1.83. The SMILES string of the molecule is Clc1ccc(Br)cc1CNCC1CCOC1. The van der Waals surface area contributed by atoms with Gasteiger partial charge in [-0.05, 0) is 36.1 Å². The van der Waals surface area contributed by atoms with Crippen LogP contribution < -0.4 is 5.32 Å². The van der Waals surface area contributed by atoms with Crippen molar-refractivity contribution >= 4 is 27.5 Å². The van der Waals surface area contributed by atoms with E-state index >= 15 is 0 Å². The minimum absolute atomic E-state index is 0.658. The highest BCUT2D eigenvalue weighted by atomic mass is 79.9. The van der Waals surface area contributed by atoms with Crippen molar-refractivity contribution in [1.82, 2.24) is 5.32 Å². The van der Waals surface area contributed by atoms with E-state index in [0.29, 0.717) is 5.92 Å². The van der Waals surface area contributed by atoms with Gasteiger partial charge < -0.3 is 10.1 Å². The Kier molecular flexibility index (Phi) is 4.65. The molecule has 0 saturated carbocycles. The minimum Gasteiger partial charge on any atom is -0.381 e. The van der Waals surface area contributed by atoms with E-state index in [1.54, 1.807) is 0 Å². The fourth-order valence-corrected chi connectivity index (χ4v) is 2.43. The summed E-state index contributed by atoms with van der Waals surface area (Å²) in [6.07, 6.45) is 1.17. The maximum absolute atomic E-state index is 6.11. The van der Waals surface area contributed by atoms with Crippen LogP contribution >= 0.6 is 27.5 Å². The predicted octanol–water partition coefficient (Wildman–Crippen LogP) is 3.23. The molecule has 0 aromatic heterocycles. The lowest BCUT2D eigenvalue weighted by Crippen LogP contribution is -2.22. The molecular weight excluding hydrogens is 289 g/mol. The first-order chi connectivity index (χ1) is 7.75. The zero-order chi connectivity index (χ0) is 11.4. The topological polar surface area (TPSA) is 21.3 Å². The van der Waals surface area contributed by atoms with E-state index in [9.17, 15) is 0 Å². The van der Waals surface area contributed by atoms with Gasteiger partial charge in [-0.25, -0.2) is 0 Å². The Morgan fingerprint density at radius 2 is 2.38 bits per heavy atom. The Labute approximate surface area is 109 Å². The summed E-state index contributed by atoms with van der Waals surface area (Å²) in [6, 6.07) is 5.93. The molecule has 4 heteroatoms. The molecule has 1 aliphatic heterocycles. The van der Waals surface area contributed by atoms with Gasteiger partial charge in [0.2, 0.25) is 0 Å². The standard InChI is InChI=1S/C12H15BrClNO/c13-11-1-2-12(14)10(5-11)7-15-6-9-3-4-16-8-9/h1-2,5,9,15H,3-4,6-8H2. The Bertz CT molecular complexity index is 353. The molecular formula is C12H15BrClNO. The van der Waals surface area contributed by atoms with E-state index in [-0.39, 0.29) is 0 Å². The zero-order valence-electron chi connectivity index (χ0n) is 9.01. The van der Waals surface area contributed by atoms with Crippen molar-refractivity contribution in [1.29, 1.82) is 0 Å². The summed E-state index contributed by atoms with van der Waals surface area (Å²) < 4.78 is 6.40. The van der Waals surface area contributed by atoms with Gasteiger partial charge >= 0.3 is 0 Å². The molecule has 1 N–H and O–H groups in total. The van der Waals surface area contributed by atoms with E-state index in [1.807, 2.05) is 12.1 Å². The van der Waals surface area contributed by atoms with E-state index in [1.165, 1.54) is 6.42 Å². The molecule has 16 heavy (non-hydrogen) atoms. The van der Waals surface area contributed by atoms with Crippen LogP contribution in [0.5, 0.6) is 0 Å². The van der Waals surface area contributed by atoms with Crippen molar-refractivity contribution in [2.24, 2.45) is 5.92 Å². The summed E-state index contributed by atoms with van der Waals surface area (Å²) in [5.74, 6) is 0.658. The van der Waals surface area contributed by atoms with Gasteiger partial charge in [0.15, 0.2) is 0 Å². The van der Waals surface area contributed by atoms with Crippen molar-refractivity contribution in [3.05, 3.63) is 33.3 Å². The third-order valence-electron chi connectivity index (χ3n) is 2.78. The molecule has 1 aliphatic rings. The highest BCUT2D eigenvalue weighted by molar-refractivity contribution is 9.10. The van der Waals surface area contributed by atoms with Crippen LogP contribution in [0, 0.1) is 5.92 Å². The summed E-state index contributed by atoms with van der Waals surface area (Å²) in [5.41, 5.74) is 1.13. The van der Waals surface area contributed by atoms with Crippen LogP contribution in [-0.2, 0) is 11.3 Å². The van der Waals surface area contributed by atoms with Gasteiger partial charge in [0.25, 0.3) is 0 Å². The lowest BCUT2D eigenvalue weighted by Gasteiger charge is -2.10. The molecule has 2 nitrogen and oxygen atoms in total. The Hall–Kier alpha value is -0.0900. The van der Waals surface area contributed by atoms with E-state index in [2.05, 4.69) is 27.3 Å². The average molecular weight is 305 g/mol. The normalized spacial score (nSPS) is 20.2. The van der Waals surface area contributed by atoms with Crippen LogP contribution in [0.15, 0.2) is 22.7 Å². The van der Waals surface area contributed by atoms with Crippen LogP contribution in [0.3, 0.4) is 0 Å². The Morgan fingerprint density at radius 3 is 3.12 bits per heavy atom. The number of halogens is 2. The highest BCUT2D eigenvalue weighted by Gasteiger charge is 2.14. The quantitative estimate of drug-likeness (QED) is 0.922. The van der Waals surface area contributed by atoms with Gasteiger partial charge in [0.1, 0.15) is 0 Å². The van der Waals surface area contributed by atoms with E-state index in [0.717, 1.165) is 41.4 Å². The number of hydrogen-bond donors (Lipinski definition) is 1. The predicted molar refractivity (Wildman–Crippen MR) is 69.8 cm³/mol. The van der Waals surface area contributed by atoms with Crippen LogP contribution in [0.1, 0.15) is 12.0 Å². The van der Waals surface area contributed by atoms with E-state index in [4.69, 9.17) is 16.3 Å². The molecule has 1 heterocycles. The van der Waals surface area contributed by atoms with Gasteiger partial charge in [-0.15, -0.1) is 0 Å². The number of benzene rings is 1. The molecule has 0 spiro atoms. The molecule has 1 fully saturated rings. The second-order valence-electron chi connectivity index (χ2n) is 4.10. The molecule has 0 amide bonds. The average Bonchev–Trinajstić information content (AvgIpc) is 2.76. The summed E-state index contributed by atoms with van der Waals surface area (Å²) in [7, 11) is 0. The molecule has 1 saturated heterocycles. The largest absolute Gasteiger partial charge is 0.381 e. The van der Waals surface area contributed by atoms with Crippen molar-refractivity contribution in [3.8, 4) is 0 Å². The van der Waals surface area contributed by atoms with Crippen molar-refractivity contribution in [2.45, 2.75) is 13.0 Å². The molecule has 1 aromatic carbocycles. The molecule has 0 bridgehead atoms. The summed E-state index contributed by atoms with van der Waals surface area (Å²) in [5, 5.41) is 4.24. The third kappa shape index (κ3) is 3.45. The first kappa shape index (κ1) is 12.4. The Morgan fingerprint density at radius 1 is 1.50 bits per heavy atom. The zero-order valence-corrected chi connectivity index (χ0v) is 11.4. The van der Waals surface area contributed by atoms with Gasteiger partial charge in [-0.2, -0.15) is 0 Å². The van der Waals surface area contributed by atoms with Crippen molar-refractivity contribution in [3.63, 3.8) is 0 Å². The molecule has 1 unspecified atom stereocenters. The molecule has 1 aromatic rings. The van der Waals surface area contributed by atoms with Crippen LogP contribution in [0.2, 0.25) is 5.02 Å². The summed E-state index contributed by atoms with van der Waals surface area (Å²) >= 11 is 9.55. The Balaban J connectivity index is 1.82. The van der Waals surface area contributed by atoms with Crippen molar-refractivity contribution in [2.75, 3.05) is 19.8 Å². The number of nitrogens with one attached hydrogen (secondary N) is 1. The van der Waals surface area contributed by atoms with Gasteiger partial charge in [0.05, 0.1) is 6.61 Å². The third-order valence-corrected chi connectivity index (χ3v) is 3.64. The molecule has 2 rings (SSSR count). The summed E-state index contributed by atoms with van der Waals surface area (Å²) in [6.45, 7) is 3.61. The lowest BCUT2D eigenvalue weighted by atomic mass is 10.1. The van der Waals surface area contributed by atoms with Crippen LogP contribution in [0.25, 0.3) is 0 Å². The van der Waals surface area contributed by atoms with Crippen molar-refractivity contribution < 1.29 is 4.74 Å². The number of hydrogen-bond acceptors (Lipinski definition) is 2. The highest BCUT2D eigenvalue weighted by Crippen LogP contribution is 2.21. The fraction of sp³-hybridized carbons (Fsp3) is 0.500. The smallest absolute Gasteiger partial charge is 0.0507 e. The van der Waals surface area contributed by atoms with Gasteiger partial charge in [0, 0.05) is 29.2 Å². The molecule has 0 aliphatic carbocycles. The number of ether oxygens (including phenoxy) is 1. The monoisotopic (exact) mass is 303 g/mol. The molecule has 0 radical (unpaired) electrons. The van der Waals surface area contributed by atoms with Crippen LogP contribution in [0.4, 0.5) is 0 Å². The lowest BCUT2D eigenvalue weighted by molar-refractivity contribution is 0.185. The first-order valence-electron chi connectivity index (χ1n) is 5.48. The second-order valence-corrected chi connectivity index (χ2v) is 5.42.